The molecule has 1 fully saturated rings. The molecule has 0 radical (unpaired) electrons. The van der Waals surface area contributed by atoms with E-state index in [0.29, 0.717) is 41.0 Å². The van der Waals surface area contributed by atoms with Crippen LogP contribution >= 0.6 is 22.9 Å². The van der Waals surface area contributed by atoms with Crippen molar-refractivity contribution in [3.8, 4) is 5.75 Å². The maximum atomic E-state index is 12.1. The van der Waals surface area contributed by atoms with E-state index in [1.54, 1.807) is 29.6 Å². The molecule has 0 saturated carbocycles. The third-order valence-electron chi connectivity index (χ3n) is 3.96. The maximum Gasteiger partial charge on any atom is 0.270 e. The highest BCUT2D eigenvalue weighted by Gasteiger charge is 2.27. The lowest BCUT2D eigenvalue weighted by molar-refractivity contribution is -0.138. The lowest BCUT2D eigenvalue weighted by Gasteiger charge is -2.13. The van der Waals surface area contributed by atoms with Crippen molar-refractivity contribution in [2.24, 2.45) is 0 Å². The molecule has 7 nitrogen and oxygen atoms in total. The molecule has 1 N–H and O–H groups in total. The standard InChI is InChI=1S/C18H18ClN3O4S/c19-12-2-4-13(5-3-12)26-10-15-21-14(11-27-15)18(25)20-8-1-9-22-16(23)6-7-17(22)24/h2-5,11H,1,6-10H2,(H,20,25). The highest BCUT2D eigenvalue weighted by Crippen LogP contribution is 2.18. The van der Waals surface area contributed by atoms with Gasteiger partial charge in [0.1, 0.15) is 23.1 Å². The molecule has 142 valence electrons. The fraction of sp³-hybridized carbons (Fsp3) is 0.333. The number of thiazole rings is 1. The molecule has 3 rings (SSSR count). The summed E-state index contributed by atoms with van der Waals surface area (Å²) in [6.07, 6.45) is 1.08. The van der Waals surface area contributed by atoms with Gasteiger partial charge in [0.15, 0.2) is 0 Å². The lowest BCUT2D eigenvalue weighted by atomic mass is 10.3. The molecule has 2 heterocycles. The number of halogens is 1. The van der Waals surface area contributed by atoms with Crippen LogP contribution in [0.5, 0.6) is 5.75 Å². The first-order valence-electron chi connectivity index (χ1n) is 8.47. The third-order valence-corrected chi connectivity index (χ3v) is 5.03. The minimum atomic E-state index is -0.289. The first kappa shape index (κ1) is 19.3. The van der Waals surface area contributed by atoms with Crippen LogP contribution in [0.4, 0.5) is 0 Å². The number of ether oxygens (including phenoxy) is 1. The average Bonchev–Trinajstić information content (AvgIpc) is 3.26. The van der Waals surface area contributed by atoms with Gasteiger partial charge in [-0.3, -0.25) is 19.3 Å². The number of likely N-dealkylation sites (tertiary alicyclic amines) is 1. The normalized spacial score (nSPS) is 13.9. The summed E-state index contributed by atoms with van der Waals surface area (Å²) in [7, 11) is 0. The van der Waals surface area contributed by atoms with Crippen molar-refractivity contribution in [1.29, 1.82) is 0 Å². The van der Waals surface area contributed by atoms with Gasteiger partial charge in [-0.15, -0.1) is 11.3 Å². The van der Waals surface area contributed by atoms with Gasteiger partial charge in [-0.1, -0.05) is 11.6 Å². The molecule has 0 spiro atoms. The Morgan fingerprint density at radius 2 is 1.93 bits per heavy atom. The fourth-order valence-corrected chi connectivity index (χ4v) is 3.37. The number of hydrogen-bond acceptors (Lipinski definition) is 6. The summed E-state index contributed by atoms with van der Waals surface area (Å²) in [5, 5.41) is 5.73. The van der Waals surface area contributed by atoms with E-state index < -0.39 is 0 Å². The Kier molecular flexibility index (Phi) is 6.41. The maximum absolute atomic E-state index is 12.1. The van der Waals surface area contributed by atoms with E-state index in [0.717, 1.165) is 0 Å². The zero-order chi connectivity index (χ0) is 19.2. The number of carbonyl (C=O) groups is 3. The molecule has 3 amide bonds. The minimum Gasteiger partial charge on any atom is -0.486 e. The number of rotatable bonds is 8. The Morgan fingerprint density at radius 1 is 1.22 bits per heavy atom. The molecule has 9 heteroatoms. The molecule has 0 bridgehead atoms. The molecule has 1 saturated heterocycles. The third kappa shape index (κ3) is 5.27. The van der Waals surface area contributed by atoms with Gasteiger partial charge in [0.2, 0.25) is 11.8 Å². The zero-order valence-corrected chi connectivity index (χ0v) is 16.0. The number of nitrogens with zero attached hydrogens (tertiary/aromatic N) is 2. The van der Waals surface area contributed by atoms with Crippen molar-refractivity contribution in [3.63, 3.8) is 0 Å². The van der Waals surface area contributed by atoms with Gasteiger partial charge in [0, 0.05) is 36.3 Å². The monoisotopic (exact) mass is 407 g/mol. The van der Waals surface area contributed by atoms with Crippen LogP contribution < -0.4 is 10.1 Å². The first-order chi connectivity index (χ1) is 13.0. The van der Waals surface area contributed by atoms with Gasteiger partial charge in [0.05, 0.1) is 0 Å². The summed E-state index contributed by atoms with van der Waals surface area (Å²) in [6.45, 7) is 0.956. The topological polar surface area (TPSA) is 88.6 Å². The largest absolute Gasteiger partial charge is 0.486 e. The van der Waals surface area contributed by atoms with Gasteiger partial charge in [-0.2, -0.15) is 0 Å². The molecule has 1 aliphatic heterocycles. The average molecular weight is 408 g/mol. The lowest BCUT2D eigenvalue weighted by Crippen LogP contribution is -2.33. The summed E-state index contributed by atoms with van der Waals surface area (Å²) in [6, 6.07) is 7.00. The number of nitrogens with one attached hydrogen (secondary N) is 1. The van der Waals surface area contributed by atoms with Gasteiger partial charge in [-0.05, 0) is 30.7 Å². The van der Waals surface area contributed by atoms with Crippen LogP contribution in [0, 0.1) is 0 Å². The summed E-state index contributed by atoms with van der Waals surface area (Å²) in [4.78, 5) is 40.7. The number of hydrogen-bond donors (Lipinski definition) is 1. The molecule has 27 heavy (non-hydrogen) atoms. The Bertz CT molecular complexity index is 821. The summed E-state index contributed by atoms with van der Waals surface area (Å²) in [5.74, 6) is 0.0991. The molecule has 1 aromatic heterocycles. The Balaban J connectivity index is 1.40. The van der Waals surface area contributed by atoms with Crippen molar-refractivity contribution < 1.29 is 19.1 Å². The summed E-state index contributed by atoms with van der Waals surface area (Å²) < 4.78 is 5.60. The Morgan fingerprint density at radius 3 is 2.63 bits per heavy atom. The number of amides is 3. The van der Waals surface area contributed by atoms with Crippen LogP contribution in [-0.4, -0.2) is 40.7 Å². The first-order valence-corrected chi connectivity index (χ1v) is 9.73. The van der Waals surface area contributed by atoms with Crippen LogP contribution in [0.25, 0.3) is 0 Å². The Hall–Kier alpha value is -2.45. The van der Waals surface area contributed by atoms with Crippen molar-refractivity contribution in [1.82, 2.24) is 15.2 Å². The van der Waals surface area contributed by atoms with E-state index in [4.69, 9.17) is 16.3 Å². The van der Waals surface area contributed by atoms with E-state index in [9.17, 15) is 14.4 Å². The molecule has 2 aromatic rings. The predicted octanol–water partition coefficient (Wildman–Crippen LogP) is 2.64. The van der Waals surface area contributed by atoms with Crippen molar-refractivity contribution in [2.75, 3.05) is 13.1 Å². The number of aromatic nitrogens is 1. The Labute approximate surface area is 165 Å². The second-order valence-corrected chi connectivity index (χ2v) is 7.30. The van der Waals surface area contributed by atoms with Gasteiger partial charge in [-0.25, -0.2) is 4.98 Å². The van der Waals surface area contributed by atoms with E-state index in [2.05, 4.69) is 10.3 Å². The summed E-state index contributed by atoms with van der Waals surface area (Å²) >= 11 is 7.16. The van der Waals surface area contributed by atoms with Crippen LogP contribution in [0.3, 0.4) is 0 Å². The molecule has 1 aliphatic rings. The second-order valence-electron chi connectivity index (χ2n) is 5.92. The van der Waals surface area contributed by atoms with Crippen LogP contribution in [-0.2, 0) is 16.2 Å². The van der Waals surface area contributed by atoms with E-state index in [-0.39, 0.29) is 37.2 Å². The number of carbonyl (C=O) groups excluding carboxylic acids is 3. The van der Waals surface area contributed by atoms with Crippen molar-refractivity contribution in [3.05, 3.63) is 45.4 Å². The van der Waals surface area contributed by atoms with Crippen LogP contribution in [0.15, 0.2) is 29.6 Å². The van der Waals surface area contributed by atoms with Crippen LogP contribution in [0.2, 0.25) is 5.02 Å². The van der Waals surface area contributed by atoms with Crippen molar-refractivity contribution >= 4 is 40.7 Å². The van der Waals surface area contributed by atoms with Crippen LogP contribution in [0.1, 0.15) is 34.8 Å². The molecule has 0 aliphatic carbocycles. The summed E-state index contributed by atoms with van der Waals surface area (Å²) in [5.41, 5.74) is 0.322. The minimum absolute atomic E-state index is 0.142. The SMILES string of the molecule is O=C(NCCCN1C(=O)CCC1=O)c1csc(COc2ccc(Cl)cc2)n1. The number of benzene rings is 1. The number of imide groups is 1. The second kappa shape index (κ2) is 8.96. The molecule has 0 unspecified atom stereocenters. The van der Waals surface area contributed by atoms with Gasteiger partial charge >= 0.3 is 0 Å². The quantitative estimate of drug-likeness (QED) is 0.536. The van der Waals surface area contributed by atoms with E-state index in [1.807, 2.05) is 0 Å². The smallest absolute Gasteiger partial charge is 0.270 e. The molecule has 1 aromatic carbocycles. The highest BCUT2D eigenvalue weighted by atomic mass is 35.5. The molecular weight excluding hydrogens is 390 g/mol. The molecule has 0 atom stereocenters. The zero-order valence-electron chi connectivity index (χ0n) is 14.4. The fourth-order valence-electron chi connectivity index (χ4n) is 2.56. The predicted molar refractivity (Wildman–Crippen MR) is 101 cm³/mol. The molecular formula is C18H18ClN3O4S. The van der Waals surface area contributed by atoms with E-state index in [1.165, 1.54) is 16.2 Å². The van der Waals surface area contributed by atoms with Gasteiger partial charge in [0.25, 0.3) is 5.91 Å². The van der Waals surface area contributed by atoms with Crippen molar-refractivity contribution in [2.45, 2.75) is 25.9 Å². The highest BCUT2D eigenvalue weighted by molar-refractivity contribution is 7.09. The van der Waals surface area contributed by atoms with E-state index >= 15 is 0 Å². The van der Waals surface area contributed by atoms with Gasteiger partial charge < -0.3 is 10.1 Å².